The number of piperidine rings is 1. The summed E-state index contributed by atoms with van der Waals surface area (Å²) in [5.74, 6) is 0.858. The Balaban J connectivity index is 1.36. The highest BCUT2D eigenvalue weighted by molar-refractivity contribution is 7.10. The van der Waals surface area contributed by atoms with Crippen LogP contribution in [0, 0.1) is 0 Å². The number of hydrogen-bond acceptors (Lipinski definition) is 4. The van der Waals surface area contributed by atoms with E-state index < -0.39 is 0 Å². The fraction of sp³-hybridized carbons (Fsp3) is 0.450. The Morgan fingerprint density at radius 2 is 2.04 bits per heavy atom. The molecule has 5 heteroatoms. The molecule has 1 fully saturated rings. The van der Waals surface area contributed by atoms with Gasteiger partial charge in [-0.05, 0) is 54.5 Å². The van der Waals surface area contributed by atoms with Crippen molar-refractivity contribution in [1.82, 2.24) is 9.80 Å². The van der Waals surface area contributed by atoms with Gasteiger partial charge in [0.1, 0.15) is 5.75 Å². The van der Waals surface area contributed by atoms with Crippen molar-refractivity contribution >= 4 is 17.2 Å². The Morgan fingerprint density at radius 3 is 2.84 bits per heavy atom. The van der Waals surface area contributed by atoms with E-state index in [4.69, 9.17) is 4.74 Å². The average Bonchev–Trinajstić information content (AvgIpc) is 3.15. The van der Waals surface area contributed by atoms with Gasteiger partial charge in [0, 0.05) is 42.7 Å². The van der Waals surface area contributed by atoms with Crippen LogP contribution in [0.2, 0.25) is 0 Å². The third-order valence-corrected chi connectivity index (χ3v) is 6.44. The van der Waals surface area contributed by atoms with Gasteiger partial charge in [0.05, 0.1) is 7.11 Å². The number of carbonyl (C=O) groups excluding carboxylic acids is 1. The van der Waals surface area contributed by atoms with Crippen LogP contribution in [-0.2, 0) is 13.0 Å². The lowest BCUT2D eigenvalue weighted by Crippen LogP contribution is -2.47. The number of benzene rings is 1. The fourth-order valence-electron chi connectivity index (χ4n) is 3.95. The summed E-state index contributed by atoms with van der Waals surface area (Å²) in [5.41, 5.74) is 2.23. The zero-order chi connectivity index (χ0) is 17.2. The minimum absolute atomic E-state index is 0.121. The highest BCUT2D eigenvalue weighted by atomic mass is 32.1. The predicted octanol–water partition coefficient (Wildman–Crippen LogP) is 3.42. The SMILES string of the molecule is COc1cccc(C(=O)N2CCC(N3CCc4sccc4C3)CC2)c1. The summed E-state index contributed by atoms with van der Waals surface area (Å²) in [6.07, 6.45) is 3.31. The standard InChI is InChI=1S/C20H24N2O2S/c1-24-18-4-2-3-15(13-18)20(23)21-9-5-17(6-10-21)22-11-7-19-16(14-22)8-12-25-19/h2-4,8,12-13,17H,5-7,9-11,14H2,1H3. The van der Waals surface area contributed by atoms with Crippen LogP contribution in [0.3, 0.4) is 0 Å². The van der Waals surface area contributed by atoms with Crippen molar-refractivity contribution in [3.63, 3.8) is 0 Å². The van der Waals surface area contributed by atoms with Gasteiger partial charge >= 0.3 is 0 Å². The first kappa shape index (κ1) is 16.6. The molecular weight excluding hydrogens is 332 g/mol. The molecular formula is C20H24N2O2S. The van der Waals surface area contributed by atoms with Crippen molar-refractivity contribution in [3.8, 4) is 5.75 Å². The smallest absolute Gasteiger partial charge is 0.253 e. The Bertz CT molecular complexity index is 750. The number of ether oxygens (including phenoxy) is 1. The molecule has 3 heterocycles. The Labute approximate surface area is 153 Å². The molecule has 1 saturated heterocycles. The molecule has 0 unspecified atom stereocenters. The van der Waals surface area contributed by atoms with Crippen molar-refractivity contribution in [2.24, 2.45) is 0 Å². The Morgan fingerprint density at radius 1 is 1.20 bits per heavy atom. The molecule has 0 aliphatic carbocycles. The van der Waals surface area contributed by atoms with Crippen molar-refractivity contribution < 1.29 is 9.53 Å². The van der Waals surface area contributed by atoms with Gasteiger partial charge in [-0.3, -0.25) is 9.69 Å². The van der Waals surface area contributed by atoms with Crippen LogP contribution in [0.1, 0.15) is 33.6 Å². The number of thiophene rings is 1. The number of carbonyl (C=O) groups is 1. The van der Waals surface area contributed by atoms with Crippen molar-refractivity contribution in [2.75, 3.05) is 26.7 Å². The van der Waals surface area contributed by atoms with Crippen LogP contribution in [-0.4, -0.2) is 48.5 Å². The minimum atomic E-state index is 0.121. The maximum absolute atomic E-state index is 12.7. The van der Waals surface area contributed by atoms with E-state index in [0.29, 0.717) is 6.04 Å². The lowest BCUT2D eigenvalue weighted by molar-refractivity contribution is 0.0600. The van der Waals surface area contributed by atoms with E-state index in [9.17, 15) is 4.79 Å². The van der Waals surface area contributed by atoms with E-state index >= 15 is 0 Å². The van der Waals surface area contributed by atoms with Crippen molar-refractivity contribution in [3.05, 3.63) is 51.7 Å². The zero-order valence-corrected chi connectivity index (χ0v) is 15.4. The summed E-state index contributed by atoms with van der Waals surface area (Å²) < 4.78 is 5.23. The highest BCUT2D eigenvalue weighted by Gasteiger charge is 2.29. The largest absolute Gasteiger partial charge is 0.497 e. The second-order valence-electron chi connectivity index (χ2n) is 6.84. The van der Waals surface area contributed by atoms with E-state index in [1.54, 1.807) is 12.0 Å². The van der Waals surface area contributed by atoms with Gasteiger partial charge < -0.3 is 9.64 Å². The van der Waals surface area contributed by atoms with Crippen LogP contribution in [0.5, 0.6) is 5.75 Å². The van der Waals surface area contributed by atoms with E-state index in [1.165, 1.54) is 12.0 Å². The number of nitrogens with zero attached hydrogens (tertiary/aromatic N) is 2. The summed E-state index contributed by atoms with van der Waals surface area (Å²) in [4.78, 5) is 18.9. The number of likely N-dealkylation sites (tertiary alicyclic amines) is 1. The number of fused-ring (bicyclic) bond motifs is 1. The quantitative estimate of drug-likeness (QED) is 0.845. The molecule has 2 aliphatic heterocycles. The molecule has 2 aliphatic rings. The molecule has 0 bridgehead atoms. The summed E-state index contributed by atoms with van der Waals surface area (Å²) in [5, 5.41) is 2.21. The van der Waals surface area contributed by atoms with Crippen LogP contribution < -0.4 is 4.74 Å². The predicted molar refractivity (Wildman–Crippen MR) is 100 cm³/mol. The molecule has 0 N–H and O–H groups in total. The Hall–Kier alpha value is -1.85. The second kappa shape index (κ2) is 7.18. The van der Waals surface area contributed by atoms with Gasteiger partial charge in [-0.2, -0.15) is 0 Å². The number of amides is 1. The van der Waals surface area contributed by atoms with Crippen LogP contribution in [0.4, 0.5) is 0 Å². The molecule has 4 rings (SSSR count). The van der Waals surface area contributed by atoms with Gasteiger partial charge in [-0.1, -0.05) is 6.07 Å². The zero-order valence-electron chi connectivity index (χ0n) is 14.6. The van der Waals surface area contributed by atoms with Crippen molar-refractivity contribution in [1.29, 1.82) is 0 Å². The number of hydrogen-bond donors (Lipinski definition) is 0. The number of methoxy groups -OCH3 is 1. The first-order valence-electron chi connectivity index (χ1n) is 8.97. The number of rotatable bonds is 3. The molecule has 0 spiro atoms. The molecule has 25 heavy (non-hydrogen) atoms. The first-order valence-corrected chi connectivity index (χ1v) is 9.85. The maximum Gasteiger partial charge on any atom is 0.253 e. The van der Waals surface area contributed by atoms with Crippen LogP contribution in [0.25, 0.3) is 0 Å². The van der Waals surface area contributed by atoms with Crippen molar-refractivity contribution in [2.45, 2.75) is 31.8 Å². The molecule has 0 saturated carbocycles. The molecule has 132 valence electrons. The minimum Gasteiger partial charge on any atom is -0.497 e. The monoisotopic (exact) mass is 356 g/mol. The van der Waals surface area contributed by atoms with E-state index in [1.807, 2.05) is 40.5 Å². The highest BCUT2D eigenvalue weighted by Crippen LogP contribution is 2.28. The maximum atomic E-state index is 12.7. The first-order chi connectivity index (χ1) is 12.2. The topological polar surface area (TPSA) is 32.8 Å². The lowest BCUT2D eigenvalue weighted by Gasteiger charge is -2.40. The molecule has 1 aromatic heterocycles. The van der Waals surface area contributed by atoms with Gasteiger partial charge in [0.2, 0.25) is 0 Å². The summed E-state index contributed by atoms with van der Waals surface area (Å²) >= 11 is 1.89. The van der Waals surface area contributed by atoms with E-state index in [0.717, 1.165) is 50.3 Å². The third-order valence-electron chi connectivity index (χ3n) is 5.42. The normalized spacial score (nSPS) is 18.8. The molecule has 4 nitrogen and oxygen atoms in total. The summed E-state index contributed by atoms with van der Waals surface area (Å²) in [7, 11) is 1.63. The average molecular weight is 356 g/mol. The second-order valence-corrected chi connectivity index (χ2v) is 7.85. The third kappa shape index (κ3) is 3.44. The van der Waals surface area contributed by atoms with Gasteiger partial charge in [0.25, 0.3) is 5.91 Å². The molecule has 0 radical (unpaired) electrons. The van der Waals surface area contributed by atoms with Crippen LogP contribution in [0.15, 0.2) is 35.7 Å². The molecule has 1 aromatic carbocycles. The van der Waals surface area contributed by atoms with E-state index in [-0.39, 0.29) is 5.91 Å². The Kier molecular flexibility index (Phi) is 4.77. The fourth-order valence-corrected chi connectivity index (χ4v) is 4.84. The van der Waals surface area contributed by atoms with E-state index in [2.05, 4.69) is 16.3 Å². The van der Waals surface area contributed by atoms with Crippen LogP contribution >= 0.6 is 11.3 Å². The summed E-state index contributed by atoms with van der Waals surface area (Å²) in [6.45, 7) is 3.91. The lowest BCUT2D eigenvalue weighted by atomic mass is 9.99. The summed E-state index contributed by atoms with van der Waals surface area (Å²) in [6, 6.07) is 10.3. The van der Waals surface area contributed by atoms with Gasteiger partial charge in [0.15, 0.2) is 0 Å². The molecule has 1 amide bonds. The molecule has 2 aromatic rings. The molecule has 0 atom stereocenters. The van der Waals surface area contributed by atoms with Gasteiger partial charge in [-0.15, -0.1) is 11.3 Å². The van der Waals surface area contributed by atoms with Gasteiger partial charge in [-0.25, -0.2) is 0 Å².